The molecule has 3 aromatic rings. The number of aromatic nitrogens is 1. The van der Waals surface area contributed by atoms with E-state index >= 15 is 0 Å². The van der Waals surface area contributed by atoms with Crippen molar-refractivity contribution in [3.63, 3.8) is 0 Å². The molecule has 0 saturated carbocycles. The first-order chi connectivity index (χ1) is 12.7. The van der Waals surface area contributed by atoms with Gasteiger partial charge in [0.1, 0.15) is 0 Å². The largest absolute Gasteiger partial charge is 0.454 e. The zero-order chi connectivity index (χ0) is 17.9. The number of fused-ring (bicyclic) bond motifs is 1. The van der Waals surface area contributed by atoms with Crippen LogP contribution in [0.4, 0.5) is 0 Å². The van der Waals surface area contributed by atoms with Crippen molar-refractivity contribution in [1.82, 2.24) is 4.98 Å². The Morgan fingerprint density at radius 1 is 1.00 bits per heavy atom. The van der Waals surface area contributed by atoms with E-state index in [0.29, 0.717) is 6.42 Å². The van der Waals surface area contributed by atoms with E-state index in [1.807, 2.05) is 54.6 Å². The maximum atomic E-state index is 12.0. The van der Waals surface area contributed by atoms with Gasteiger partial charge in [0.25, 0.3) is 0 Å². The van der Waals surface area contributed by atoms with Crippen LogP contribution in [0.5, 0.6) is 11.5 Å². The van der Waals surface area contributed by atoms with Gasteiger partial charge in [0.15, 0.2) is 11.5 Å². The van der Waals surface area contributed by atoms with Crippen LogP contribution in [-0.4, -0.2) is 17.7 Å². The molecule has 0 bridgehead atoms. The highest BCUT2D eigenvalue weighted by Crippen LogP contribution is 2.36. The molecule has 130 valence electrons. The summed E-state index contributed by atoms with van der Waals surface area (Å²) in [7, 11) is 0. The lowest BCUT2D eigenvalue weighted by molar-refractivity contribution is -0.119. The fourth-order valence-electron chi connectivity index (χ4n) is 3.14. The molecule has 2 heterocycles. The molecule has 5 heteroatoms. The summed E-state index contributed by atoms with van der Waals surface area (Å²) in [5.41, 5.74) is 9.44. The van der Waals surface area contributed by atoms with Gasteiger partial charge >= 0.3 is 0 Å². The molecule has 0 saturated heterocycles. The number of carbonyl (C=O) groups is 1. The summed E-state index contributed by atoms with van der Waals surface area (Å²) in [6.07, 6.45) is 4.07. The maximum absolute atomic E-state index is 12.0. The SMILES string of the molecule is NC(=O)C(Cc1cncc(-c2ccc3c(c2)OCO3)c1)c1ccccc1. The summed E-state index contributed by atoms with van der Waals surface area (Å²) in [4.78, 5) is 16.3. The summed E-state index contributed by atoms with van der Waals surface area (Å²) in [6.45, 7) is 0.244. The third kappa shape index (κ3) is 3.24. The van der Waals surface area contributed by atoms with E-state index in [0.717, 1.165) is 33.8 Å². The van der Waals surface area contributed by atoms with Crippen molar-refractivity contribution < 1.29 is 14.3 Å². The Kier molecular flexibility index (Phi) is 4.27. The standard InChI is InChI=1S/C21H18N2O3/c22-21(24)18(15-4-2-1-3-5-15)9-14-8-17(12-23-11-14)16-6-7-19-20(10-16)26-13-25-19/h1-8,10-12,18H,9,13H2,(H2,22,24). The summed E-state index contributed by atoms with van der Waals surface area (Å²) in [5, 5.41) is 0. The van der Waals surface area contributed by atoms with Gasteiger partial charge in [-0.15, -0.1) is 0 Å². The normalized spacial score (nSPS) is 13.4. The molecular weight excluding hydrogens is 328 g/mol. The lowest BCUT2D eigenvalue weighted by Gasteiger charge is -2.14. The first-order valence-electron chi connectivity index (χ1n) is 8.39. The fourth-order valence-corrected chi connectivity index (χ4v) is 3.14. The third-order valence-electron chi connectivity index (χ3n) is 4.49. The molecule has 4 rings (SSSR count). The number of nitrogens with zero attached hydrogens (tertiary/aromatic N) is 1. The molecule has 1 aliphatic rings. The summed E-state index contributed by atoms with van der Waals surface area (Å²) >= 11 is 0. The van der Waals surface area contributed by atoms with E-state index in [9.17, 15) is 4.79 Å². The van der Waals surface area contributed by atoms with Gasteiger partial charge in [0.05, 0.1) is 5.92 Å². The van der Waals surface area contributed by atoms with E-state index in [4.69, 9.17) is 15.2 Å². The highest BCUT2D eigenvalue weighted by molar-refractivity contribution is 5.82. The Morgan fingerprint density at radius 2 is 1.81 bits per heavy atom. The van der Waals surface area contributed by atoms with Crippen LogP contribution in [0.25, 0.3) is 11.1 Å². The van der Waals surface area contributed by atoms with Crippen LogP contribution < -0.4 is 15.2 Å². The summed E-state index contributed by atoms with van der Waals surface area (Å²) in [5.74, 6) is 0.748. The van der Waals surface area contributed by atoms with E-state index in [1.165, 1.54) is 0 Å². The van der Waals surface area contributed by atoms with Gasteiger partial charge in [-0.1, -0.05) is 36.4 Å². The number of carbonyl (C=O) groups excluding carboxylic acids is 1. The number of amides is 1. The second kappa shape index (κ2) is 6.88. The fraction of sp³-hybridized carbons (Fsp3) is 0.143. The van der Waals surface area contributed by atoms with Crippen LogP contribution in [0.1, 0.15) is 17.0 Å². The molecule has 1 amide bonds. The first kappa shape index (κ1) is 16.1. The first-order valence-corrected chi connectivity index (χ1v) is 8.39. The number of primary amides is 1. The average Bonchev–Trinajstić information content (AvgIpc) is 3.14. The Morgan fingerprint density at radius 3 is 2.62 bits per heavy atom. The van der Waals surface area contributed by atoms with Gasteiger partial charge in [-0.3, -0.25) is 9.78 Å². The van der Waals surface area contributed by atoms with Gasteiger partial charge < -0.3 is 15.2 Å². The molecular formula is C21H18N2O3. The molecule has 1 unspecified atom stereocenters. The Balaban J connectivity index is 1.62. The second-order valence-corrected chi connectivity index (χ2v) is 6.22. The maximum Gasteiger partial charge on any atom is 0.231 e. The van der Waals surface area contributed by atoms with Crippen LogP contribution in [0, 0.1) is 0 Å². The van der Waals surface area contributed by atoms with Crippen LogP contribution in [0.2, 0.25) is 0 Å². The van der Waals surface area contributed by atoms with E-state index in [1.54, 1.807) is 12.4 Å². The van der Waals surface area contributed by atoms with Crippen molar-refractivity contribution in [1.29, 1.82) is 0 Å². The number of hydrogen-bond acceptors (Lipinski definition) is 4. The number of rotatable bonds is 5. The van der Waals surface area contributed by atoms with Gasteiger partial charge in [-0.25, -0.2) is 0 Å². The van der Waals surface area contributed by atoms with Crippen molar-refractivity contribution >= 4 is 5.91 Å². The highest BCUT2D eigenvalue weighted by Gasteiger charge is 2.19. The van der Waals surface area contributed by atoms with Crippen LogP contribution in [0.15, 0.2) is 67.0 Å². The smallest absolute Gasteiger partial charge is 0.231 e. The monoisotopic (exact) mass is 346 g/mol. The molecule has 0 spiro atoms. The Labute approximate surface area is 151 Å². The minimum Gasteiger partial charge on any atom is -0.454 e. The molecule has 5 nitrogen and oxygen atoms in total. The van der Waals surface area contributed by atoms with Crippen molar-refractivity contribution in [2.24, 2.45) is 5.73 Å². The lowest BCUT2D eigenvalue weighted by atomic mass is 9.91. The van der Waals surface area contributed by atoms with E-state index in [2.05, 4.69) is 4.98 Å². The van der Waals surface area contributed by atoms with Crippen molar-refractivity contribution in [2.75, 3.05) is 6.79 Å². The highest BCUT2D eigenvalue weighted by atomic mass is 16.7. The second-order valence-electron chi connectivity index (χ2n) is 6.22. The number of ether oxygens (including phenoxy) is 2. The Bertz CT molecular complexity index is 941. The molecule has 1 atom stereocenters. The number of hydrogen-bond donors (Lipinski definition) is 1. The van der Waals surface area contributed by atoms with Gasteiger partial charge in [0.2, 0.25) is 12.7 Å². The van der Waals surface area contributed by atoms with E-state index < -0.39 is 0 Å². The molecule has 2 aromatic carbocycles. The Hall–Kier alpha value is -3.34. The van der Waals surface area contributed by atoms with Gasteiger partial charge in [-0.05, 0) is 41.3 Å². The predicted octanol–water partition coefficient (Wildman–Crippen LogP) is 3.29. The number of benzene rings is 2. The molecule has 0 radical (unpaired) electrons. The van der Waals surface area contributed by atoms with Crippen molar-refractivity contribution in [2.45, 2.75) is 12.3 Å². The quantitative estimate of drug-likeness (QED) is 0.769. The summed E-state index contributed by atoms with van der Waals surface area (Å²) in [6, 6.07) is 17.4. The van der Waals surface area contributed by atoms with Crippen LogP contribution in [0.3, 0.4) is 0 Å². The van der Waals surface area contributed by atoms with Gasteiger partial charge in [0, 0.05) is 18.0 Å². The topological polar surface area (TPSA) is 74.4 Å². The molecule has 1 aliphatic heterocycles. The minimum absolute atomic E-state index is 0.244. The van der Waals surface area contributed by atoms with Crippen molar-refractivity contribution in [3.05, 3.63) is 78.1 Å². The minimum atomic E-state index is -0.384. The molecule has 0 aliphatic carbocycles. The molecule has 1 aromatic heterocycles. The van der Waals surface area contributed by atoms with Crippen LogP contribution in [-0.2, 0) is 11.2 Å². The van der Waals surface area contributed by atoms with Crippen LogP contribution >= 0.6 is 0 Å². The molecule has 0 fully saturated rings. The lowest BCUT2D eigenvalue weighted by Crippen LogP contribution is -2.23. The summed E-state index contributed by atoms with van der Waals surface area (Å²) < 4.78 is 10.8. The zero-order valence-electron chi connectivity index (χ0n) is 14.1. The van der Waals surface area contributed by atoms with E-state index in [-0.39, 0.29) is 18.6 Å². The zero-order valence-corrected chi connectivity index (χ0v) is 14.1. The molecule has 26 heavy (non-hydrogen) atoms. The third-order valence-corrected chi connectivity index (χ3v) is 4.49. The van der Waals surface area contributed by atoms with Gasteiger partial charge in [-0.2, -0.15) is 0 Å². The average molecular weight is 346 g/mol. The number of pyridine rings is 1. The van der Waals surface area contributed by atoms with Crippen molar-refractivity contribution in [3.8, 4) is 22.6 Å². The predicted molar refractivity (Wildman–Crippen MR) is 97.9 cm³/mol. The molecule has 2 N–H and O–H groups in total. The number of nitrogens with two attached hydrogens (primary N) is 1.